The number of nitrogens with two attached hydrogens (primary N) is 1. The van der Waals surface area contributed by atoms with E-state index in [-0.39, 0.29) is 0 Å². The third-order valence-electron chi connectivity index (χ3n) is 1.47. The maximum absolute atomic E-state index is 5.12. The predicted molar refractivity (Wildman–Crippen MR) is 46.7 cm³/mol. The van der Waals surface area contributed by atoms with Crippen LogP contribution in [0.2, 0.25) is 0 Å². The molecule has 0 saturated heterocycles. The molecule has 0 aliphatic heterocycles. The zero-order valence-electron chi connectivity index (χ0n) is 6.46. The molecule has 0 aliphatic rings. The van der Waals surface area contributed by atoms with E-state index >= 15 is 0 Å². The van der Waals surface area contributed by atoms with Crippen LogP contribution in [-0.4, -0.2) is 6.54 Å². The molecular weight excluding hydrogens is 136 g/mol. The summed E-state index contributed by atoms with van der Waals surface area (Å²) < 4.78 is 0. The van der Waals surface area contributed by atoms with E-state index in [9.17, 15) is 0 Å². The molecule has 0 saturated carbocycles. The van der Waals surface area contributed by atoms with Gasteiger partial charge in [-0.2, -0.15) is 0 Å². The molecule has 1 radical (unpaired) electrons. The fraction of sp³-hybridized carbons (Fsp3) is 0.222. The Labute approximate surface area is 67.4 Å². The first-order valence-electron chi connectivity index (χ1n) is 3.75. The lowest BCUT2D eigenvalue weighted by Gasteiger charge is -1.98. The van der Waals surface area contributed by atoms with E-state index in [4.69, 9.17) is 5.84 Å². The summed E-state index contributed by atoms with van der Waals surface area (Å²) in [7, 11) is 0. The van der Waals surface area contributed by atoms with Crippen LogP contribution in [0.4, 0.5) is 0 Å². The molecule has 3 N–H and O–H groups in total. The topological polar surface area (TPSA) is 38.0 Å². The SMILES string of the molecule is NNCC[CH]c1ccccc1. The van der Waals surface area contributed by atoms with Gasteiger partial charge in [0.05, 0.1) is 0 Å². The first kappa shape index (κ1) is 8.24. The summed E-state index contributed by atoms with van der Waals surface area (Å²) >= 11 is 0. The Hall–Kier alpha value is -0.860. The van der Waals surface area contributed by atoms with Gasteiger partial charge in [0.1, 0.15) is 0 Å². The number of hydrogen-bond acceptors (Lipinski definition) is 2. The van der Waals surface area contributed by atoms with Gasteiger partial charge in [-0.25, -0.2) is 0 Å². The molecule has 0 bridgehead atoms. The van der Waals surface area contributed by atoms with Gasteiger partial charge in [0.15, 0.2) is 0 Å². The first-order chi connectivity index (χ1) is 5.43. The molecule has 0 fully saturated rings. The van der Waals surface area contributed by atoms with E-state index in [1.165, 1.54) is 5.56 Å². The van der Waals surface area contributed by atoms with Crippen LogP contribution in [0.5, 0.6) is 0 Å². The minimum atomic E-state index is 0.828. The second kappa shape index (κ2) is 4.88. The van der Waals surface area contributed by atoms with Crippen molar-refractivity contribution in [1.82, 2.24) is 5.43 Å². The highest BCUT2D eigenvalue weighted by atomic mass is 15.2. The van der Waals surface area contributed by atoms with E-state index < -0.39 is 0 Å². The van der Waals surface area contributed by atoms with Crippen molar-refractivity contribution in [2.75, 3.05) is 6.54 Å². The molecule has 2 heteroatoms. The second-order valence-corrected chi connectivity index (χ2v) is 2.36. The Bertz CT molecular complexity index is 184. The lowest BCUT2D eigenvalue weighted by Crippen LogP contribution is -2.22. The fourth-order valence-electron chi connectivity index (χ4n) is 0.911. The van der Waals surface area contributed by atoms with Gasteiger partial charge in [0, 0.05) is 6.54 Å². The Morgan fingerprint density at radius 3 is 2.64 bits per heavy atom. The monoisotopic (exact) mass is 149 g/mol. The molecule has 1 aromatic carbocycles. The summed E-state index contributed by atoms with van der Waals surface area (Å²) in [6.45, 7) is 0.828. The Morgan fingerprint density at radius 2 is 2.00 bits per heavy atom. The second-order valence-electron chi connectivity index (χ2n) is 2.36. The highest BCUT2D eigenvalue weighted by Crippen LogP contribution is 2.03. The number of hydrogen-bond donors (Lipinski definition) is 2. The van der Waals surface area contributed by atoms with Crippen LogP contribution in [0, 0.1) is 6.42 Å². The van der Waals surface area contributed by atoms with Crippen LogP contribution in [0.15, 0.2) is 30.3 Å². The minimum absolute atomic E-state index is 0.828. The maximum atomic E-state index is 5.12. The molecule has 0 amide bonds. The van der Waals surface area contributed by atoms with Crippen molar-refractivity contribution in [3.63, 3.8) is 0 Å². The lowest BCUT2D eigenvalue weighted by atomic mass is 10.1. The van der Waals surface area contributed by atoms with E-state index in [2.05, 4.69) is 24.0 Å². The fourth-order valence-corrected chi connectivity index (χ4v) is 0.911. The van der Waals surface area contributed by atoms with Gasteiger partial charge in [-0.15, -0.1) is 0 Å². The van der Waals surface area contributed by atoms with E-state index in [1.54, 1.807) is 0 Å². The Kier molecular flexibility index (Phi) is 3.65. The standard InChI is InChI=1S/C9H13N2/c10-11-8-4-7-9-5-2-1-3-6-9/h1-3,5-7,11H,4,8,10H2. The number of hydrazine groups is 1. The van der Waals surface area contributed by atoms with E-state index in [1.807, 2.05) is 18.2 Å². The zero-order chi connectivity index (χ0) is 7.94. The molecule has 1 rings (SSSR count). The number of rotatable bonds is 4. The van der Waals surface area contributed by atoms with Gasteiger partial charge in [0.25, 0.3) is 0 Å². The third-order valence-corrected chi connectivity index (χ3v) is 1.47. The molecule has 11 heavy (non-hydrogen) atoms. The average molecular weight is 149 g/mol. The maximum Gasteiger partial charge on any atom is 0.0103 e. The van der Waals surface area contributed by atoms with Gasteiger partial charge in [-0.05, 0) is 18.4 Å². The Balaban J connectivity index is 2.28. The average Bonchev–Trinajstić information content (AvgIpc) is 2.07. The van der Waals surface area contributed by atoms with E-state index in [0.29, 0.717) is 0 Å². The van der Waals surface area contributed by atoms with Crippen LogP contribution < -0.4 is 11.3 Å². The summed E-state index contributed by atoms with van der Waals surface area (Å²) in [6.07, 6.45) is 3.13. The van der Waals surface area contributed by atoms with Gasteiger partial charge >= 0.3 is 0 Å². The molecule has 0 spiro atoms. The number of nitrogens with one attached hydrogen (secondary N) is 1. The van der Waals surface area contributed by atoms with E-state index in [0.717, 1.165) is 13.0 Å². The molecule has 0 unspecified atom stereocenters. The Morgan fingerprint density at radius 1 is 1.27 bits per heavy atom. The van der Waals surface area contributed by atoms with Crippen molar-refractivity contribution in [3.8, 4) is 0 Å². The van der Waals surface area contributed by atoms with Gasteiger partial charge in [-0.1, -0.05) is 30.3 Å². The van der Waals surface area contributed by atoms with Crippen LogP contribution >= 0.6 is 0 Å². The van der Waals surface area contributed by atoms with Crippen molar-refractivity contribution in [2.45, 2.75) is 6.42 Å². The van der Waals surface area contributed by atoms with Crippen LogP contribution in [-0.2, 0) is 0 Å². The predicted octanol–water partition coefficient (Wildman–Crippen LogP) is 1.09. The molecule has 2 nitrogen and oxygen atoms in total. The molecular formula is C9H13N2. The van der Waals surface area contributed by atoms with Crippen LogP contribution in [0.25, 0.3) is 0 Å². The first-order valence-corrected chi connectivity index (χ1v) is 3.75. The van der Waals surface area contributed by atoms with Crippen molar-refractivity contribution in [2.24, 2.45) is 5.84 Å². The van der Waals surface area contributed by atoms with Crippen molar-refractivity contribution < 1.29 is 0 Å². The smallest absolute Gasteiger partial charge is 0.0103 e. The summed E-state index contributed by atoms with van der Waals surface area (Å²) in [5.41, 5.74) is 3.86. The third kappa shape index (κ3) is 3.16. The lowest BCUT2D eigenvalue weighted by molar-refractivity contribution is 0.726. The molecule has 59 valence electrons. The molecule has 0 aromatic heterocycles. The summed E-state index contributed by atoms with van der Waals surface area (Å²) in [5.74, 6) is 5.12. The zero-order valence-corrected chi connectivity index (χ0v) is 6.46. The molecule has 0 heterocycles. The van der Waals surface area contributed by atoms with Crippen LogP contribution in [0.1, 0.15) is 12.0 Å². The van der Waals surface area contributed by atoms with Crippen molar-refractivity contribution in [1.29, 1.82) is 0 Å². The summed E-state index contributed by atoms with van der Waals surface area (Å²) in [6, 6.07) is 10.2. The molecule has 0 aliphatic carbocycles. The minimum Gasteiger partial charge on any atom is -0.271 e. The highest BCUT2D eigenvalue weighted by molar-refractivity contribution is 5.22. The number of benzene rings is 1. The largest absolute Gasteiger partial charge is 0.271 e. The van der Waals surface area contributed by atoms with Crippen LogP contribution in [0.3, 0.4) is 0 Å². The van der Waals surface area contributed by atoms with Crippen molar-refractivity contribution >= 4 is 0 Å². The van der Waals surface area contributed by atoms with Gasteiger partial charge in [-0.3, -0.25) is 11.3 Å². The van der Waals surface area contributed by atoms with Crippen molar-refractivity contribution in [3.05, 3.63) is 42.3 Å². The van der Waals surface area contributed by atoms with Gasteiger partial charge < -0.3 is 0 Å². The van der Waals surface area contributed by atoms with Gasteiger partial charge in [0.2, 0.25) is 0 Å². The molecule has 1 aromatic rings. The normalized spacial score (nSPS) is 9.91. The molecule has 0 atom stereocenters. The summed E-state index contributed by atoms with van der Waals surface area (Å²) in [4.78, 5) is 0. The summed E-state index contributed by atoms with van der Waals surface area (Å²) in [5, 5.41) is 0. The highest BCUT2D eigenvalue weighted by Gasteiger charge is 1.89. The quantitative estimate of drug-likeness (QED) is 0.382.